The molecule has 0 fully saturated rings. The van der Waals surface area contributed by atoms with Gasteiger partial charge in [0, 0.05) is 5.92 Å². The van der Waals surface area contributed by atoms with Crippen LogP contribution in [0.15, 0.2) is 12.1 Å². The van der Waals surface area contributed by atoms with Crippen molar-refractivity contribution in [2.75, 3.05) is 21.3 Å². The minimum atomic E-state index is -0.131. The molecule has 0 radical (unpaired) electrons. The summed E-state index contributed by atoms with van der Waals surface area (Å²) in [6, 6.07) is 3.69. The lowest BCUT2D eigenvalue weighted by Gasteiger charge is -2.17. The van der Waals surface area contributed by atoms with Gasteiger partial charge in [-0.2, -0.15) is 0 Å². The summed E-state index contributed by atoms with van der Waals surface area (Å²) < 4.78 is 15.9. The molecule has 0 amide bonds. The number of rotatable bonds is 8. The predicted molar refractivity (Wildman–Crippen MR) is 74.4 cm³/mol. The van der Waals surface area contributed by atoms with Crippen molar-refractivity contribution in [2.24, 2.45) is 0 Å². The van der Waals surface area contributed by atoms with E-state index in [2.05, 4.69) is 6.92 Å². The van der Waals surface area contributed by atoms with Crippen LogP contribution in [0.1, 0.15) is 37.7 Å². The van der Waals surface area contributed by atoms with Crippen molar-refractivity contribution in [3.63, 3.8) is 0 Å². The maximum Gasteiger partial charge on any atom is 0.203 e. The number of hydrogen-bond acceptors (Lipinski definition) is 4. The van der Waals surface area contributed by atoms with Gasteiger partial charge in [0.1, 0.15) is 6.29 Å². The molecule has 106 valence electrons. The van der Waals surface area contributed by atoms with E-state index in [1.165, 1.54) is 0 Å². The highest BCUT2D eigenvalue weighted by atomic mass is 16.5. The van der Waals surface area contributed by atoms with Crippen LogP contribution in [0.4, 0.5) is 0 Å². The first-order valence-electron chi connectivity index (χ1n) is 6.46. The summed E-state index contributed by atoms with van der Waals surface area (Å²) in [6.07, 6.45) is 3.89. The van der Waals surface area contributed by atoms with Crippen molar-refractivity contribution in [3.8, 4) is 17.2 Å². The Kier molecular flexibility index (Phi) is 6.19. The van der Waals surface area contributed by atoms with Crippen LogP contribution in [0.3, 0.4) is 0 Å². The van der Waals surface area contributed by atoms with Crippen LogP contribution in [0, 0.1) is 0 Å². The molecule has 1 rings (SSSR count). The van der Waals surface area contributed by atoms with Gasteiger partial charge in [-0.05, 0) is 24.1 Å². The largest absolute Gasteiger partial charge is 0.493 e. The first kappa shape index (κ1) is 15.3. The summed E-state index contributed by atoms with van der Waals surface area (Å²) in [5.74, 6) is 1.59. The molecule has 0 heterocycles. The van der Waals surface area contributed by atoms with Crippen molar-refractivity contribution < 1.29 is 19.0 Å². The zero-order chi connectivity index (χ0) is 14.3. The third-order valence-corrected chi connectivity index (χ3v) is 3.15. The van der Waals surface area contributed by atoms with Gasteiger partial charge in [0.15, 0.2) is 11.5 Å². The Morgan fingerprint density at radius 2 is 1.68 bits per heavy atom. The molecule has 1 aromatic carbocycles. The van der Waals surface area contributed by atoms with E-state index in [-0.39, 0.29) is 5.92 Å². The Labute approximate surface area is 114 Å². The lowest BCUT2D eigenvalue weighted by Crippen LogP contribution is -2.03. The highest BCUT2D eigenvalue weighted by Crippen LogP contribution is 2.40. The minimum Gasteiger partial charge on any atom is -0.493 e. The fourth-order valence-corrected chi connectivity index (χ4v) is 2.05. The molecule has 1 aromatic rings. The summed E-state index contributed by atoms with van der Waals surface area (Å²) in [4.78, 5) is 11.3. The zero-order valence-electron chi connectivity index (χ0n) is 12.1. The van der Waals surface area contributed by atoms with Crippen molar-refractivity contribution >= 4 is 6.29 Å². The first-order chi connectivity index (χ1) is 9.21. The molecule has 0 aliphatic carbocycles. The third kappa shape index (κ3) is 3.63. The lowest BCUT2D eigenvalue weighted by molar-refractivity contribution is -0.109. The Hall–Kier alpha value is -1.71. The lowest BCUT2D eigenvalue weighted by atomic mass is 9.94. The highest BCUT2D eigenvalue weighted by Gasteiger charge is 2.18. The number of carbonyl (C=O) groups is 1. The van der Waals surface area contributed by atoms with Gasteiger partial charge in [-0.15, -0.1) is 0 Å². The monoisotopic (exact) mass is 266 g/mol. The molecule has 0 saturated carbocycles. The fourth-order valence-electron chi connectivity index (χ4n) is 2.05. The number of carbonyl (C=O) groups excluding carboxylic acids is 1. The zero-order valence-corrected chi connectivity index (χ0v) is 12.1. The van der Waals surface area contributed by atoms with E-state index < -0.39 is 0 Å². The summed E-state index contributed by atoms with van der Waals surface area (Å²) in [5.41, 5.74) is 0.901. The topological polar surface area (TPSA) is 44.8 Å². The van der Waals surface area contributed by atoms with E-state index in [1.54, 1.807) is 21.3 Å². The van der Waals surface area contributed by atoms with Gasteiger partial charge in [0.05, 0.1) is 21.3 Å². The van der Waals surface area contributed by atoms with E-state index in [1.807, 2.05) is 12.1 Å². The Morgan fingerprint density at radius 1 is 1.11 bits per heavy atom. The van der Waals surface area contributed by atoms with Gasteiger partial charge >= 0.3 is 0 Å². The maximum absolute atomic E-state index is 11.3. The Balaban J connectivity index is 3.16. The predicted octanol–water partition coefficient (Wildman–Crippen LogP) is 3.19. The average Bonchev–Trinajstić information content (AvgIpc) is 2.46. The van der Waals surface area contributed by atoms with E-state index in [0.717, 1.165) is 31.1 Å². The number of hydrogen-bond donors (Lipinski definition) is 0. The van der Waals surface area contributed by atoms with Gasteiger partial charge in [-0.3, -0.25) is 0 Å². The summed E-state index contributed by atoms with van der Waals surface area (Å²) >= 11 is 0. The summed E-state index contributed by atoms with van der Waals surface area (Å²) in [5, 5.41) is 0. The molecule has 1 atom stereocenters. The first-order valence-corrected chi connectivity index (χ1v) is 6.46. The van der Waals surface area contributed by atoms with Crippen molar-refractivity contribution in [2.45, 2.75) is 32.1 Å². The van der Waals surface area contributed by atoms with E-state index >= 15 is 0 Å². The molecule has 4 heteroatoms. The van der Waals surface area contributed by atoms with E-state index in [0.29, 0.717) is 17.2 Å². The Bertz CT molecular complexity index is 390. The molecular weight excluding hydrogens is 244 g/mol. The van der Waals surface area contributed by atoms with Gasteiger partial charge in [0.25, 0.3) is 0 Å². The molecule has 0 aliphatic heterocycles. The molecule has 0 aliphatic rings. The van der Waals surface area contributed by atoms with Crippen LogP contribution >= 0.6 is 0 Å². The minimum absolute atomic E-state index is 0.131. The number of aldehydes is 1. The van der Waals surface area contributed by atoms with Crippen LogP contribution < -0.4 is 14.2 Å². The number of ether oxygens (including phenoxy) is 3. The van der Waals surface area contributed by atoms with Gasteiger partial charge in [0.2, 0.25) is 5.75 Å². The van der Waals surface area contributed by atoms with Crippen LogP contribution in [-0.2, 0) is 4.79 Å². The second-order valence-corrected chi connectivity index (χ2v) is 4.34. The molecule has 0 bridgehead atoms. The van der Waals surface area contributed by atoms with Crippen LogP contribution in [0.25, 0.3) is 0 Å². The fraction of sp³-hybridized carbons (Fsp3) is 0.533. The van der Waals surface area contributed by atoms with Crippen LogP contribution in [0.5, 0.6) is 17.2 Å². The second-order valence-electron chi connectivity index (χ2n) is 4.34. The molecule has 0 N–H and O–H groups in total. The molecule has 0 saturated heterocycles. The number of unbranched alkanes of at least 4 members (excludes halogenated alkanes) is 1. The van der Waals surface area contributed by atoms with E-state index in [9.17, 15) is 4.79 Å². The standard InChI is InChI=1S/C15H22O4/c1-5-6-7-11(10-16)12-8-13(17-2)15(19-4)14(9-12)18-3/h8-11H,5-7H2,1-4H3. The number of benzene rings is 1. The molecule has 0 aromatic heterocycles. The molecular formula is C15H22O4. The normalized spacial score (nSPS) is 11.8. The summed E-state index contributed by atoms with van der Waals surface area (Å²) in [6.45, 7) is 2.11. The van der Waals surface area contributed by atoms with Gasteiger partial charge < -0.3 is 19.0 Å². The highest BCUT2D eigenvalue weighted by molar-refractivity contribution is 5.65. The molecule has 1 unspecified atom stereocenters. The third-order valence-electron chi connectivity index (χ3n) is 3.15. The number of methoxy groups -OCH3 is 3. The van der Waals surface area contributed by atoms with Crippen molar-refractivity contribution in [3.05, 3.63) is 17.7 Å². The molecule has 4 nitrogen and oxygen atoms in total. The Morgan fingerprint density at radius 3 is 2.05 bits per heavy atom. The van der Waals surface area contributed by atoms with Gasteiger partial charge in [-0.25, -0.2) is 0 Å². The summed E-state index contributed by atoms with van der Waals surface area (Å²) in [7, 11) is 4.71. The second kappa shape index (κ2) is 7.67. The maximum atomic E-state index is 11.3. The van der Waals surface area contributed by atoms with Crippen molar-refractivity contribution in [1.82, 2.24) is 0 Å². The molecule has 19 heavy (non-hydrogen) atoms. The van der Waals surface area contributed by atoms with Crippen LogP contribution in [0.2, 0.25) is 0 Å². The molecule has 0 spiro atoms. The van der Waals surface area contributed by atoms with Crippen LogP contribution in [-0.4, -0.2) is 27.6 Å². The SMILES string of the molecule is CCCCC(C=O)c1cc(OC)c(OC)c(OC)c1. The van der Waals surface area contributed by atoms with Gasteiger partial charge in [-0.1, -0.05) is 19.8 Å². The quantitative estimate of drug-likeness (QED) is 0.678. The average molecular weight is 266 g/mol. The smallest absolute Gasteiger partial charge is 0.203 e. The van der Waals surface area contributed by atoms with Crippen molar-refractivity contribution in [1.29, 1.82) is 0 Å². The van der Waals surface area contributed by atoms with E-state index in [4.69, 9.17) is 14.2 Å².